The van der Waals surface area contributed by atoms with E-state index in [0.717, 1.165) is 51.4 Å². The number of hydrogen-bond acceptors (Lipinski definition) is 8. The predicted octanol–water partition coefficient (Wildman–Crippen LogP) is 10.8. The Hall–Kier alpha value is -1.51. The summed E-state index contributed by atoms with van der Waals surface area (Å²) in [5.74, 6) is -0.894. The fraction of sp³-hybridized carbons (Fsp3) is 0.846. The van der Waals surface area contributed by atoms with Crippen LogP contribution in [0.1, 0.15) is 181 Å². The molecule has 0 rings (SSSR count). The zero-order valence-electron chi connectivity index (χ0n) is 31.4. The maximum Gasteiger partial charge on any atom is 0.472 e. The number of allylic oxidation sites excluding steroid dienone is 4. The lowest BCUT2D eigenvalue weighted by Gasteiger charge is -2.19. The minimum atomic E-state index is -4.38. The molecule has 0 aromatic carbocycles. The summed E-state index contributed by atoms with van der Waals surface area (Å²) >= 11 is 0. The fourth-order valence-electron chi connectivity index (χ4n) is 5.35. The van der Waals surface area contributed by atoms with Gasteiger partial charge in [-0.15, -0.1) is 0 Å². The number of phosphoric acid groups is 1. The first-order valence-electron chi connectivity index (χ1n) is 19.8. The highest BCUT2D eigenvalue weighted by Crippen LogP contribution is 2.43. The van der Waals surface area contributed by atoms with Gasteiger partial charge in [0.1, 0.15) is 6.61 Å². The number of ether oxygens (including phenoxy) is 2. The maximum atomic E-state index is 12.5. The second kappa shape index (κ2) is 36.3. The van der Waals surface area contributed by atoms with E-state index in [2.05, 4.69) is 32.1 Å². The third kappa shape index (κ3) is 36.1. The predicted molar refractivity (Wildman–Crippen MR) is 201 cm³/mol. The van der Waals surface area contributed by atoms with Crippen molar-refractivity contribution in [3.8, 4) is 0 Å². The smallest absolute Gasteiger partial charge is 0.462 e. The standard InChI is InChI=1S/C39H74NO8P/c1-3-5-7-9-11-13-15-17-18-20-22-24-26-28-30-32-39(42)48-37(36-47-49(43,44)46-34-33-40)35-45-38(41)31-29-27-25-23-21-19-16-14-12-10-8-6-4-2/h14,16,26,28,37H,3-13,15,17-25,27,29-36,40H2,1-2H3,(H,43,44)/b16-14+,28-26+/t37-/m1/s1. The molecule has 49 heavy (non-hydrogen) atoms. The number of esters is 2. The topological polar surface area (TPSA) is 134 Å². The van der Waals surface area contributed by atoms with Gasteiger partial charge in [0.25, 0.3) is 0 Å². The minimum absolute atomic E-state index is 0.0486. The lowest BCUT2D eigenvalue weighted by Crippen LogP contribution is -2.29. The van der Waals surface area contributed by atoms with Crippen molar-refractivity contribution in [2.45, 2.75) is 187 Å². The van der Waals surface area contributed by atoms with Crippen molar-refractivity contribution in [1.29, 1.82) is 0 Å². The summed E-state index contributed by atoms with van der Waals surface area (Å²) in [7, 11) is -4.38. The number of carbonyl (C=O) groups excluding carboxylic acids is 2. The van der Waals surface area contributed by atoms with E-state index in [-0.39, 0.29) is 32.6 Å². The second-order valence-corrected chi connectivity index (χ2v) is 14.6. The van der Waals surface area contributed by atoms with Crippen LogP contribution in [0.3, 0.4) is 0 Å². The van der Waals surface area contributed by atoms with Gasteiger partial charge in [0.15, 0.2) is 6.10 Å². The molecule has 0 heterocycles. The molecule has 0 aromatic heterocycles. The Morgan fingerprint density at radius 3 is 1.55 bits per heavy atom. The van der Waals surface area contributed by atoms with Crippen LogP contribution >= 0.6 is 7.82 Å². The molecule has 0 aliphatic heterocycles. The third-order valence-corrected chi connectivity index (χ3v) is 9.31. The Morgan fingerprint density at radius 1 is 0.592 bits per heavy atom. The Labute approximate surface area is 300 Å². The maximum absolute atomic E-state index is 12.5. The van der Waals surface area contributed by atoms with E-state index >= 15 is 0 Å². The highest BCUT2D eigenvalue weighted by molar-refractivity contribution is 7.47. The number of carbonyl (C=O) groups is 2. The van der Waals surface area contributed by atoms with Gasteiger partial charge in [0.2, 0.25) is 0 Å². The molecule has 0 radical (unpaired) electrons. The van der Waals surface area contributed by atoms with Gasteiger partial charge in [-0.05, 0) is 51.4 Å². The van der Waals surface area contributed by atoms with Crippen LogP contribution in [-0.4, -0.2) is 49.3 Å². The Balaban J connectivity index is 4.25. The summed E-state index contributed by atoms with van der Waals surface area (Å²) < 4.78 is 32.6. The van der Waals surface area contributed by atoms with Crippen molar-refractivity contribution < 1.29 is 37.6 Å². The van der Waals surface area contributed by atoms with Gasteiger partial charge in [-0.25, -0.2) is 4.57 Å². The molecule has 2 atom stereocenters. The van der Waals surface area contributed by atoms with Crippen LogP contribution in [0, 0.1) is 0 Å². The van der Waals surface area contributed by atoms with Crippen molar-refractivity contribution in [2.75, 3.05) is 26.4 Å². The van der Waals surface area contributed by atoms with Gasteiger partial charge in [-0.2, -0.15) is 0 Å². The first-order valence-corrected chi connectivity index (χ1v) is 21.3. The molecule has 0 amide bonds. The van der Waals surface area contributed by atoms with Gasteiger partial charge in [0, 0.05) is 19.4 Å². The Kier molecular flexibility index (Phi) is 35.2. The number of phosphoric ester groups is 1. The number of nitrogens with two attached hydrogens (primary N) is 1. The first kappa shape index (κ1) is 47.5. The second-order valence-electron chi connectivity index (χ2n) is 13.1. The van der Waals surface area contributed by atoms with Crippen molar-refractivity contribution in [3.05, 3.63) is 24.3 Å². The van der Waals surface area contributed by atoms with Crippen molar-refractivity contribution in [1.82, 2.24) is 0 Å². The van der Waals surface area contributed by atoms with Crippen LogP contribution < -0.4 is 5.73 Å². The summed E-state index contributed by atoms with van der Waals surface area (Å²) in [6, 6.07) is 0. The molecule has 9 nitrogen and oxygen atoms in total. The van der Waals surface area contributed by atoms with E-state index in [9.17, 15) is 19.0 Å². The summed E-state index contributed by atoms with van der Waals surface area (Å²) in [5, 5.41) is 0. The zero-order chi connectivity index (χ0) is 36.1. The van der Waals surface area contributed by atoms with Crippen molar-refractivity contribution >= 4 is 19.8 Å². The molecule has 3 N–H and O–H groups in total. The average Bonchev–Trinajstić information content (AvgIpc) is 3.08. The van der Waals surface area contributed by atoms with Crippen LogP contribution in [0.4, 0.5) is 0 Å². The molecule has 0 spiro atoms. The molecule has 288 valence electrons. The summed E-state index contributed by atoms with van der Waals surface area (Å²) in [5.41, 5.74) is 5.33. The van der Waals surface area contributed by atoms with Crippen LogP contribution in [0.25, 0.3) is 0 Å². The highest BCUT2D eigenvalue weighted by atomic mass is 31.2. The first-order chi connectivity index (χ1) is 23.8. The highest BCUT2D eigenvalue weighted by Gasteiger charge is 2.25. The lowest BCUT2D eigenvalue weighted by molar-refractivity contribution is -0.161. The molecular formula is C39H74NO8P. The molecule has 10 heteroatoms. The largest absolute Gasteiger partial charge is 0.472 e. The third-order valence-electron chi connectivity index (χ3n) is 8.32. The van der Waals surface area contributed by atoms with Crippen molar-refractivity contribution in [2.24, 2.45) is 5.73 Å². The summed E-state index contributed by atoms with van der Waals surface area (Å²) in [4.78, 5) is 34.7. The SMILES string of the molecule is CCCCCC/C=C/CCCCCCCC(=O)OC[C@H](COP(=O)(O)OCCN)OC(=O)CC/C=C/CCCCCCCCCCCCC. The van der Waals surface area contributed by atoms with E-state index in [1.165, 1.54) is 96.3 Å². The Morgan fingerprint density at radius 2 is 1.04 bits per heavy atom. The quantitative estimate of drug-likeness (QED) is 0.0279. The molecule has 0 fully saturated rings. The van der Waals surface area contributed by atoms with E-state index in [1.807, 2.05) is 6.08 Å². The average molecular weight is 716 g/mol. The molecule has 0 bridgehead atoms. The van der Waals surface area contributed by atoms with Gasteiger partial charge in [0.05, 0.1) is 13.2 Å². The van der Waals surface area contributed by atoms with E-state index in [1.54, 1.807) is 0 Å². The van der Waals surface area contributed by atoms with Crippen molar-refractivity contribution in [3.63, 3.8) is 0 Å². The number of unbranched alkanes of at least 4 members (excludes halogenated alkanes) is 20. The zero-order valence-corrected chi connectivity index (χ0v) is 32.3. The van der Waals surface area contributed by atoms with E-state index in [0.29, 0.717) is 6.42 Å². The number of rotatable bonds is 37. The summed E-state index contributed by atoms with van der Waals surface area (Å²) in [6.45, 7) is 3.66. The molecule has 0 aliphatic carbocycles. The molecule has 0 saturated heterocycles. The van der Waals surface area contributed by atoms with Crippen LogP contribution in [-0.2, 0) is 32.7 Å². The van der Waals surface area contributed by atoms with Crippen LogP contribution in [0.5, 0.6) is 0 Å². The lowest BCUT2D eigenvalue weighted by atomic mass is 10.1. The summed E-state index contributed by atoms with van der Waals surface area (Å²) in [6.07, 6.45) is 36.5. The normalized spacial score (nSPS) is 13.6. The van der Waals surface area contributed by atoms with Gasteiger partial charge < -0.3 is 20.1 Å². The number of hydrogen-bond donors (Lipinski definition) is 2. The molecule has 0 aliphatic rings. The molecular weight excluding hydrogens is 641 g/mol. The molecule has 1 unspecified atom stereocenters. The van der Waals surface area contributed by atoms with E-state index in [4.69, 9.17) is 24.3 Å². The fourth-order valence-corrected chi connectivity index (χ4v) is 6.12. The van der Waals surface area contributed by atoms with Crippen LogP contribution in [0.15, 0.2) is 24.3 Å². The molecule has 0 saturated carbocycles. The minimum Gasteiger partial charge on any atom is -0.462 e. The van der Waals surface area contributed by atoms with Gasteiger partial charge in [-0.1, -0.05) is 141 Å². The molecule has 0 aromatic rings. The Bertz CT molecular complexity index is 866. The van der Waals surface area contributed by atoms with Gasteiger partial charge >= 0.3 is 19.8 Å². The monoisotopic (exact) mass is 716 g/mol. The van der Waals surface area contributed by atoms with Crippen LogP contribution in [0.2, 0.25) is 0 Å². The van der Waals surface area contributed by atoms with Gasteiger partial charge in [-0.3, -0.25) is 18.6 Å². The van der Waals surface area contributed by atoms with E-state index < -0.39 is 32.5 Å².